The highest BCUT2D eigenvalue weighted by molar-refractivity contribution is 7.92. The summed E-state index contributed by atoms with van der Waals surface area (Å²) in [6, 6.07) is 13.8. The van der Waals surface area contributed by atoms with E-state index in [1.54, 1.807) is 37.4 Å². The zero-order valence-electron chi connectivity index (χ0n) is 14.9. The topological polar surface area (TPSA) is 84.9 Å². The molecule has 2 aromatic rings. The molecule has 0 saturated carbocycles. The van der Waals surface area contributed by atoms with Crippen molar-refractivity contribution < 1.29 is 22.7 Å². The normalized spacial score (nSPS) is 10.9. The van der Waals surface area contributed by atoms with E-state index in [-0.39, 0.29) is 13.1 Å². The Kier molecular flexibility index (Phi) is 6.46. The van der Waals surface area contributed by atoms with Gasteiger partial charge >= 0.3 is 0 Å². The van der Waals surface area contributed by atoms with Gasteiger partial charge in [0.2, 0.25) is 15.9 Å². The fourth-order valence-corrected chi connectivity index (χ4v) is 3.24. The lowest BCUT2D eigenvalue weighted by Crippen LogP contribution is -2.40. The number of rotatable bonds is 8. The van der Waals surface area contributed by atoms with Gasteiger partial charge in [-0.05, 0) is 18.2 Å². The van der Waals surface area contributed by atoms with Gasteiger partial charge in [-0.25, -0.2) is 8.42 Å². The minimum atomic E-state index is -3.64. The molecule has 0 atom stereocenters. The van der Waals surface area contributed by atoms with Crippen molar-refractivity contribution in [2.75, 3.05) is 31.3 Å². The van der Waals surface area contributed by atoms with Crippen LogP contribution in [0.2, 0.25) is 0 Å². The molecule has 7 nitrogen and oxygen atoms in total. The second kappa shape index (κ2) is 8.57. The predicted octanol–water partition coefficient (Wildman–Crippen LogP) is 1.79. The van der Waals surface area contributed by atoms with Crippen LogP contribution in [0.1, 0.15) is 5.56 Å². The number of amides is 1. The number of ether oxygens (including phenoxy) is 2. The van der Waals surface area contributed by atoms with E-state index in [0.29, 0.717) is 17.2 Å². The van der Waals surface area contributed by atoms with Crippen molar-refractivity contribution in [1.29, 1.82) is 0 Å². The number of carbonyl (C=O) groups excluding carboxylic acids is 1. The Morgan fingerprint density at radius 1 is 1.08 bits per heavy atom. The largest absolute Gasteiger partial charge is 0.497 e. The van der Waals surface area contributed by atoms with Gasteiger partial charge < -0.3 is 14.8 Å². The number of para-hydroxylation sites is 1. The first-order chi connectivity index (χ1) is 12.3. The van der Waals surface area contributed by atoms with Gasteiger partial charge in [-0.15, -0.1) is 0 Å². The van der Waals surface area contributed by atoms with Crippen LogP contribution < -0.4 is 19.1 Å². The van der Waals surface area contributed by atoms with Crippen LogP contribution in [0.5, 0.6) is 11.5 Å². The lowest BCUT2D eigenvalue weighted by Gasteiger charge is -2.22. The molecule has 0 fully saturated rings. The molecule has 140 valence electrons. The quantitative estimate of drug-likeness (QED) is 0.757. The molecule has 1 N–H and O–H groups in total. The smallest absolute Gasteiger partial charge is 0.241 e. The van der Waals surface area contributed by atoms with Crippen LogP contribution in [-0.2, 0) is 21.4 Å². The maximum atomic E-state index is 12.3. The lowest BCUT2D eigenvalue weighted by molar-refractivity contribution is -0.119. The van der Waals surface area contributed by atoms with Crippen molar-refractivity contribution in [3.05, 3.63) is 54.1 Å². The predicted molar refractivity (Wildman–Crippen MR) is 100 cm³/mol. The highest BCUT2D eigenvalue weighted by Gasteiger charge is 2.21. The van der Waals surface area contributed by atoms with Crippen molar-refractivity contribution in [3.8, 4) is 11.5 Å². The molecule has 0 bridgehead atoms. The number of nitrogens with zero attached hydrogens (tertiary/aromatic N) is 1. The van der Waals surface area contributed by atoms with E-state index < -0.39 is 15.9 Å². The van der Waals surface area contributed by atoms with Gasteiger partial charge in [0.1, 0.15) is 18.0 Å². The Balaban J connectivity index is 2.12. The molecule has 8 heteroatoms. The van der Waals surface area contributed by atoms with E-state index in [0.717, 1.165) is 16.1 Å². The number of methoxy groups -OCH3 is 2. The van der Waals surface area contributed by atoms with Crippen molar-refractivity contribution in [3.63, 3.8) is 0 Å². The van der Waals surface area contributed by atoms with Gasteiger partial charge in [-0.2, -0.15) is 0 Å². The molecule has 0 heterocycles. The van der Waals surface area contributed by atoms with Gasteiger partial charge in [0.25, 0.3) is 0 Å². The van der Waals surface area contributed by atoms with Crippen LogP contribution in [0.25, 0.3) is 0 Å². The van der Waals surface area contributed by atoms with Crippen molar-refractivity contribution >= 4 is 21.6 Å². The summed E-state index contributed by atoms with van der Waals surface area (Å²) >= 11 is 0. The number of hydrogen-bond donors (Lipinski definition) is 1. The Morgan fingerprint density at radius 2 is 1.81 bits per heavy atom. The monoisotopic (exact) mass is 378 g/mol. The number of nitrogens with one attached hydrogen (secondary N) is 1. The molecule has 0 aromatic heterocycles. The summed E-state index contributed by atoms with van der Waals surface area (Å²) in [4.78, 5) is 12.3. The molecule has 2 rings (SSSR count). The van der Waals surface area contributed by atoms with Crippen LogP contribution >= 0.6 is 0 Å². The highest BCUT2D eigenvalue weighted by atomic mass is 32.2. The third kappa shape index (κ3) is 5.13. The van der Waals surface area contributed by atoms with E-state index in [2.05, 4.69) is 5.32 Å². The number of carbonyl (C=O) groups is 1. The maximum absolute atomic E-state index is 12.3. The molecule has 0 unspecified atom stereocenters. The molecule has 26 heavy (non-hydrogen) atoms. The van der Waals surface area contributed by atoms with Gasteiger partial charge in [0.15, 0.2) is 0 Å². The average molecular weight is 378 g/mol. The van der Waals surface area contributed by atoms with Gasteiger partial charge in [0, 0.05) is 18.2 Å². The molecular weight excluding hydrogens is 356 g/mol. The maximum Gasteiger partial charge on any atom is 0.241 e. The van der Waals surface area contributed by atoms with Gasteiger partial charge in [-0.3, -0.25) is 9.10 Å². The molecule has 1 amide bonds. The number of benzene rings is 2. The zero-order valence-corrected chi connectivity index (χ0v) is 15.7. The second-order valence-corrected chi connectivity index (χ2v) is 7.47. The number of anilines is 1. The SMILES string of the molecule is COc1cccc(N(CC(=O)NCc2ccccc2OC)S(C)(=O)=O)c1. The van der Waals surface area contributed by atoms with E-state index in [1.165, 1.54) is 7.11 Å². The Hall–Kier alpha value is -2.74. The molecule has 0 aliphatic heterocycles. The minimum Gasteiger partial charge on any atom is -0.497 e. The molecule has 0 saturated heterocycles. The molecule has 0 aliphatic carbocycles. The summed E-state index contributed by atoms with van der Waals surface area (Å²) in [5.74, 6) is 0.732. The van der Waals surface area contributed by atoms with E-state index >= 15 is 0 Å². The summed E-state index contributed by atoms with van der Waals surface area (Å²) in [7, 11) is -0.601. The first kappa shape index (κ1) is 19.6. The Bertz CT molecular complexity index is 867. The fraction of sp³-hybridized carbons (Fsp3) is 0.278. The van der Waals surface area contributed by atoms with E-state index in [9.17, 15) is 13.2 Å². The van der Waals surface area contributed by atoms with E-state index in [1.807, 2.05) is 18.2 Å². The average Bonchev–Trinajstić information content (AvgIpc) is 2.63. The first-order valence-electron chi connectivity index (χ1n) is 7.85. The second-order valence-electron chi connectivity index (χ2n) is 5.56. The van der Waals surface area contributed by atoms with Crippen molar-refractivity contribution in [1.82, 2.24) is 5.32 Å². The van der Waals surface area contributed by atoms with Crippen LogP contribution in [0, 0.1) is 0 Å². The van der Waals surface area contributed by atoms with E-state index in [4.69, 9.17) is 9.47 Å². The zero-order chi connectivity index (χ0) is 19.2. The number of hydrogen-bond acceptors (Lipinski definition) is 5. The molecule has 0 radical (unpaired) electrons. The van der Waals surface area contributed by atoms with Crippen molar-refractivity contribution in [2.45, 2.75) is 6.54 Å². The van der Waals surface area contributed by atoms with Gasteiger partial charge in [-0.1, -0.05) is 24.3 Å². The third-order valence-corrected chi connectivity index (χ3v) is 4.84. The van der Waals surface area contributed by atoms with Crippen LogP contribution in [0.4, 0.5) is 5.69 Å². The lowest BCUT2D eigenvalue weighted by atomic mass is 10.2. The van der Waals surface area contributed by atoms with Gasteiger partial charge in [0.05, 0.1) is 26.2 Å². The summed E-state index contributed by atoms with van der Waals surface area (Å²) < 4.78 is 35.6. The van der Waals surface area contributed by atoms with Crippen LogP contribution in [0.15, 0.2) is 48.5 Å². The van der Waals surface area contributed by atoms with Crippen LogP contribution in [0.3, 0.4) is 0 Å². The Labute approximate surface area is 153 Å². The van der Waals surface area contributed by atoms with Crippen LogP contribution in [-0.4, -0.2) is 41.3 Å². The summed E-state index contributed by atoms with van der Waals surface area (Å²) in [5, 5.41) is 2.72. The minimum absolute atomic E-state index is 0.235. The number of sulfonamides is 1. The standard InChI is InChI=1S/C18H22N2O5S/c1-24-16-9-6-8-15(11-16)20(26(3,22)23)13-18(21)19-12-14-7-4-5-10-17(14)25-2/h4-11H,12-13H2,1-3H3,(H,19,21). The third-order valence-electron chi connectivity index (χ3n) is 3.70. The highest BCUT2D eigenvalue weighted by Crippen LogP contribution is 2.23. The molecule has 0 aliphatic rings. The first-order valence-corrected chi connectivity index (χ1v) is 9.70. The Morgan fingerprint density at radius 3 is 2.46 bits per heavy atom. The van der Waals surface area contributed by atoms with Crippen molar-refractivity contribution in [2.24, 2.45) is 0 Å². The summed E-state index contributed by atoms with van der Waals surface area (Å²) in [6.45, 7) is -0.0975. The molecule has 0 spiro atoms. The summed E-state index contributed by atoms with van der Waals surface area (Å²) in [6.07, 6.45) is 1.06. The molecule has 2 aromatic carbocycles. The fourth-order valence-electron chi connectivity index (χ4n) is 2.39. The molecular formula is C18H22N2O5S. The summed E-state index contributed by atoms with van der Waals surface area (Å²) in [5.41, 5.74) is 1.16.